The molecule has 4 aliphatic heterocycles. The van der Waals surface area contributed by atoms with Gasteiger partial charge in [0.15, 0.2) is 0 Å². The SMILES string of the molecule is Cc1ccc(C)c(N2CC=C[C@]34O[C@@H]5C=CCN(Cc6ccccc6)C(=O)[C@@H]5[C@H]3C(=O)N(CCCO)C4C2=O)c1. The number of fused-ring (bicyclic) bond motifs is 2. The molecule has 4 aliphatic rings. The molecule has 6 rings (SSSR count). The van der Waals surface area contributed by atoms with Gasteiger partial charge in [0, 0.05) is 38.5 Å². The summed E-state index contributed by atoms with van der Waals surface area (Å²) in [6.45, 7) is 5.22. The second-order valence-corrected chi connectivity index (χ2v) is 11.2. The van der Waals surface area contributed by atoms with Gasteiger partial charge in [0.1, 0.15) is 11.6 Å². The molecular formula is C32H35N3O5. The average Bonchev–Trinajstić information content (AvgIpc) is 3.26. The molecular weight excluding hydrogens is 506 g/mol. The summed E-state index contributed by atoms with van der Waals surface area (Å²) in [5.74, 6) is -2.24. The predicted molar refractivity (Wildman–Crippen MR) is 150 cm³/mol. The summed E-state index contributed by atoms with van der Waals surface area (Å²) in [5, 5.41) is 9.62. The van der Waals surface area contributed by atoms with Crippen molar-refractivity contribution in [2.45, 2.75) is 44.6 Å². The van der Waals surface area contributed by atoms with Crippen LogP contribution in [0.3, 0.4) is 0 Å². The molecule has 0 aliphatic carbocycles. The number of likely N-dealkylation sites (tertiary alicyclic amines) is 1. The number of nitrogens with zero attached hydrogens (tertiary/aromatic N) is 3. The lowest BCUT2D eigenvalue weighted by molar-refractivity contribution is -0.144. The summed E-state index contributed by atoms with van der Waals surface area (Å²) >= 11 is 0. The van der Waals surface area contributed by atoms with E-state index in [0.29, 0.717) is 26.1 Å². The molecule has 0 saturated carbocycles. The van der Waals surface area contributed by atoms with Gasteiger partial charge in [-0.3, -0.25) is 14.4 Å². The molecule has 0 bridgehead atoms. The van der Waals surface area contributed by atoms with E-state index >= 15 is 0 Å². The topological polar surface area (TPSA) is 90.4 Å². The molecule has 2 aromatic rings. The van der Waals surface area contributed by atoms with Crippen LogP contribution >= 0.6 is 0 Å². The maximum atomic E-state index is 14.4. The van der Waals surface area contributed by atoms with Crippen LogP contribution in [-0.2, 0) is 25.7 Å². The van der Waals surface area contributed by atoms with Crippen molar-refractivity contribution in [1.29, 1.82) is 0 Å². The third kappa shape index (κ3) is 4.17. The van der Waals surface area contributed by atoms with Gasteiger partial charge in [0.2, 0.25) is 11.8 Å². The molecule has 1 spiro atoms. The highest BCUT2D eigenvalue weighted by molar-refractivity contribution is 6.06. The maximum absolute atomic E-state index is 14.4. The second-order valence-electron chi connectivity index (χ2n) is 11.2. The number of ether oxygens (including phenoxy) is 1. The van der Waals surface area contributed by atoms with Crippen molar-refractivity contribution in [2.75, 3.05) is 31.1 Å². The molecule has 2 saturated heterocycles. The zero-order valence-corrected chi connectivity index (χ0v) is 22.9. The first-order valence-corrected chi connectivity index (χ1v) is 14.0. The summed E-state index contributed by atoms with van der Waals surface area (Å²) < 4.78 is 6.71. The number of rotatable bonds is 6. The minimum Gasteiger partial charge on any atom is -0.396 e. The Bertz CT molecular complexity index is 1390. The average molecular weight is 542 g/mol. The van der Waals surface area contributed by atoms with Gasteiger partial charge in [-0.05, 0) is 43.0 Å². The Labute approximate surface area is 234 Å². The van der Waals surface area contributed by atoms with Crippen molar-refractivity contribution in [3.05, 3.63) is 89.5 Å². The largest absolute Gasteiger partial charge is 0.396 e. The van der Waals surface area contributed by atoms with E-state index in [1.54, 1.807) is 14.7 Å². The maximum Gasteiger partial charge on any atom is 0.253 e. The fourth-order valence-corrected chi connectivity index (χ4v) is 6.84. The first-order chi connectivity index (χ1) is 19.4. The van der Waals surface area contributed by atoms with Crippen LogP contribution in [0, 0.1) is 25.7 Å². The molecule has 2 fully saturated rings. The summed E-state index contributed by atoms with van der Waals surface area (Å²) in [6.07, 6.45) is 7.28. The van der Waals surface area contributed by atoms with E-state index < -0.39 is 29.6 Å². The zero-order chi connectivity index (χ0) is 28.0. The van der Waals surface area contributed by atoms with Crippen LogP contribution in [0.2, 0.25) is 0 Å². The highest BCUT2D eigenvalue weighted by Gasteiger charge is 2.71. The number of anilines is 1. The summed E-state index contributed by atoms with van der Waals surface area (Å²) in [7, 11) is 0. The van der Waals surface area contributed by atoms with Gasteiger partial charge in [0.05, 0.1) is 17.9 Å². The van der Waals surface area contributed by atoms with Crippen LogP contribution in [0.5, 0.6) is 0 Å². The van der Waals surface area contributed by atoms with Gasteiger partial charge in [0.25, 0.3) is 5.91 Å². The van der Waals surface area contributed by atoms with E-state index in [1.165, 1.54) is 0 Å². The molecule has 4 heterocycles. The Morgan fingerprint density at radius 2 is 1.77 bits per heavy atom. The summed E-state index contributed by atoms with van der Waals surface area (Å²) in [6, 6.07) is 14.8. The van der Waals surface area contributed by atoms with Gasteiger partial charge in [-0.2, -0.15) is 0 Å². The fourth-order valence-electron chi connectivity index (χ4n) is 6.84. The number of benzene rings is 2. The Balaban J connectivity index is 1.41. The van der Waals surface area contributed by atoms with E-state index in [9.17, 15) is 19.5 Å². The molecule has 3 amide bonds. The van der Waals surface area contributed by atoms with Crippen molar-refractivity contribution in [2.24, 2.45) is 11.8 Å². The van der Waals surface area contributed by atoms with Crippen LogP contribution in [0.1, 0.15) is 23.1 Å². The van der Waals surface area contributed by atoms with Crippen LogP contribution in [0.15, 0.2) is 72.8 Å². The Morgan fingerprint density at radius 3 is 2.55 bits per heavy atom. The monoisotopic (exact) mass is 541 g/mol. The van der Waals surface area contributed by atoms with Gasteiger partial charge < -0.3 is 24.5 Å². The molecule has 8 nitrogen and oxygen atoms in total. The Hall–Kier alpha value is -3.75. The van der Waals surface area contributed by atoms with Crippen LogP contribution < -0.4 is 4.90 Å². The number of aliphatic hydroxyl groups is 1. The highest BCUT2D eigenvalue weighted by atomic mass is 16.5. The normalized spacial score (nSPS) is 29.4. The van der Waals surface area contributed by atoms with E-state index in [1.807, 2.05) is 86.7 Å². The van der Waals surface area contributed by atoms with Gasteiger partial charge >= 0.3 is 0 Å². The number of carbonyl (C=O) groups excluding carboxylic acids is 3. The van der Waals surface area contributed by atoms with Gasteiger partial charge in [-0.25, -0.2) is 0 Å². The standard InChI is InChI=1S/C32H35N3O5/c1-21-12-13-22(2)24(19-21)34-16-7-14-32-27(30(38)35(17-8-18-36)28(32)31(34)39)26-25(40-32)11-6-15-33(29(26)37)20-23-9-4-3-5-10-23/h3-7,9-14,19,25-28,36H,8,15-18,20H2,1-2H3/t25-,26+,27+,28?,32+/m1/s1. The van der Waals surface area contributed by atoms with Crippen LogP contribution in [-0.4, -0.2) is 76.6 Å². The lowest BCUT2D eigenvalue weighted by Gasteiger charge is -2.35. The van der Waals surface area contributed by atoms with Gasteiger partial charge in [-0.1, -0.05) is 66.8 Å². The van der Waals surface area contributed by atoms with Crippen LogP contribution in [0.4, 0.5) is 5.69 Å². The third-order valence-corrected chi connectivity index (χ3v) is 8.67. The smallest absolute Gasteiger partial charge is 0.253 e. The molecule has 0 radical (unpaired) electrons. The van der Waals surface area contributed by atoms with Crippen molar-refractivity contribution in [1.82, 2.24) is 9.80 Å². The molecule has 0 aromatic heterocycles. The minimum atomic E-state index is -1.28. The highest BCUT2D eigenvalue weighted by Crippen LogP contribution is 2.53. The summed E-state index contributed by atoms with van der Waals surface area (Å²) in [5.41, 5.74) is 2.51. The van der Waals surface area contributed by atoms with Crippen molar-refractivity contribution in [3.63, 3.8) is 0 Å². The first kappa shape index (κ1) is 26.5. The van der Waals surface area contributed by atoms with Crippen molar-refractivity contribution in [3.8, 4) is 0 Å². The molecule has 8 heteroatoms. The Kier molecular flexibility index (Phi) is 6.84. The fraction of sp³-hybridized carbons (Fsp3) is 0.406. The number of carbonyl (C=O) groups is 3. The molecule has 208 valence electrons. The number of aryl methyl sites for hydroxylation is 2. The number of hydrogen-bond acceptors (Lipinski definition) is 5. The summed E-state index contributed by atoms with van der Waals surface area (Å²) in [4.78, 5) is 47.8. The van der Waals surface area contributed by atoms with Gasteiger partial charge in [-0.15, -0.1) is 0 Å². The molecule has 1 unspecified atom stereocenters. The molecule has 40 heavy (non-hydrogen) atoms. The predicted octanol–water partition coefficient (Wildman–Crippen LogP) is 2.77. The number of hydrogen-bond donors (Lipinski definition) is 1. The first-order valence-electron chi connectivity index (χ1n) is 14.0. The van der Waals surface area contributed by atoms with E-state index in [4.69, 9.17) is 4.74 Å². The third-order valence-electron chi connectivity index (χ3n) is 8.67. The molecule has 2 aromatic carbocycles. The lowest BCUT2D eigenvalue weighted by Crippen LogP contribution is -2.55. The molecule has 1 N–H and O–H groups in total. The lowest BCUT2D eigenvalue weighted by atomic mass is 9.77. The quantitative estimate of drug-likeness (QED) is 0.568. The van der Waals surface area contributed by atoms with E-state index in [0.717, 1.165) is 22.4 Å². The Morgan fingerprint density at radius 1 is 0.975 bits per heavy atom. The van der Waals surface area contributed by atoms with Crippen molar-refractivity contribution < 1.29 is 24.2 Å². The van der Waals surface area contributed by atoms with Crippen LogP contribution in [0.25, 0.3) is 0 Å². The number of aliphatic hydroxyl groups excluding tert-OH is 1. The molecule has 5 atom stereocenters. The van der Waals surface area contributed by atoms with Crippen molar-refractivity contribution >= 4 is 23.4 Å². The number of amides is 3. The minimum absolute atomic E-state index is 0.113. The van der Waals surface area contributed by atoms with E-state index in [-0.39, 0.29) is 30.9 Å². The zero-order valence-electron chi connectivity index (χ0n) is 22.9. The van der Waals surface area contributed by atoms with E-state index in [2.05, 4.69) is 0 Å². The second kappa shape index (κ2) is 10.3.